The summed E-state index contributed by atoms with van der Waals surface area (Å²) in [4.78, 5) is 154. The molecule has 0 bridgehead atoms. The lowest BCUT2D eigenvalue weighted by atomic mass is 10.1. The quantitative estimate of drug-likeness (QED) is 0.0128. The highest BCUT2D eigenvalue weighted by Gasteiger charge is 2.21. The summed E-state index contributed by atoms with van der Waals surface area (Å²) in [5.74, 6) is -3.69. The van der Waals surface area contributed by atoms with Crippen molar-refractivity contribution >= 4 is 184 Å². The lowest BCUT2D eigenvalue weighted by molar-refractivity contribution is -0.380. The Labute approximate surface area is 675 Å². The van der Waals surface area contributed by atoms with Gasteiger partial charge in [0.25, 0.3) is 29.5 Å². The van der Waals surface area contributed by atoms with Crippen molar-refractivity contribution in [2.45, 2.75) is 74.1 Å². The zero-order valence-electron chi connectivity index (χ0n) is 61.1. The molecular formula is C73H68F2N18O14S7. The first kappa shape index (κ1) is 86.8. The third-order valence-electron chi connectivity index (χ3n) is 14.0. The number of aromatic nitrogens is 9. The SMILES string of the molecule is CCCOC(=O)COc1ccccc1C(=O)Nc1ncc([N+](=O)[O-])s1.Cc1cccc(C(=O)Nc2ncc(C)s2)c1.Cc1cnc(NC(=O)CCCC(=O)Nc2ncc([N+](=O)[O-])s2)s1.Cc1cnc(NC(=O)c2cc3ccccc3[nH]2)s1.Cc1cnc(NC(=O)c2ccc(F)cc2)s1.Cc1cnc(NC(=O)c2cccnc2F)s1. The van der Waals surface area contributed by atoms with E-state index in [1.54, 1.807) is 49.2 Å². The van der Waals surface area contributed by atoms with Crippen molar-refractivity contribution in [1.82, 2.24) is 44.9 Å². The van der Waals surface area contributed by atoms with Gasteiger partial charge in [0.1, 0.15) is 29.7 Å². The van der Waals surface area contributed by atoms with Crippen LogP contribution in [0.25, 0.3) is 10.9 Å². The Bertz CT molecular complexity index is 5450. The first-order valence-corrected chi connectivity index (χ1v) is 39.2. The number of pyridine rings is 1. The van der Waals surface area contributed by atoms with E-state index >= 15 is 0 Å². The number of aryl methyl sites for hydroxylation is 6. The second kappa shape index (κ2) is 43.7. The first-order chi connectivity index (χ1) is 54.6. The second-order valence-electron chi connectivity index (χ2n) is 23.1. The predicted octanol–water partition coefficient (Wildman–Crippen LogP) is 16.5. The highest BCUT2D eigenvalue weighted by molar-refractivity contribution is 7.19. The van der Waals surface area contributed by atoms with E-state index in [2.05, 4.69) is 82.1 Å². The highest BCUT2D eigenvalue weighted by atomic mass is 32.1. The molecule has 7 amide bonds. The summed E-state index contributed by atoms with van der Waals surface area (Å²) < 4.78 is 36.0. The number of nitrogens with one attached hydrogen (secondary N) is 8. The van der Waals surface area contributed by atoms with Gasteiger partial charge >= 0.3 is 16.0 Å². The lowest BCUT2D eigenvalue weighted by Crippen LogP contribution is -2.18. The van der Waals surface area contributed by atoms with Crippen molar-refractivity contribution in [3.8, 4) is 5.75 Å². The van der Waals surface area contributed by atoms with E-state index in [1.807, 2.05) is 97.0 Å². The number of rotatable bonds is 23. The van der Waals surface area contributed by atoms with Gasteiger partial charge in [0.05, 0.1) is 27.6 Å². The van der Waals surface area contributed by atoms with Gasteiger partial charge in [-0.1, -0.05) is 55.0 Å². The summed E-state index contributed by atoms with van der Waals surface area (Å²) in [6.45, 7) is 13.4. The van der Waals surface area contributed by atoms with E-state index in [4.69, 9.17) is 9.47 Å². The van der Waals surface area contributed by atoms with Crippen LogP contribution in [0.3, 0.4) is 0 Å². The average molecular weight is 1680 g/mol. The molecule has 9 heterocycles. The maximum atomic E-state index is 13.2. The van der Waals surface area contributed by atoms with Crippen LogP contribution in [0, 0.1) is 73.5 Å². The second-order valence-corrected chi connectivity index (χ2v) is 31.3. The molecule has 13 rings (SSSR count). The Balaban J connectivity index is 0.000000173. The van der Waals surface area contributed by atoms with Crippen molar-refractivity contribution in [3.63, 3.8) is 0 Å². The Morgan fingerprint density at radius 2 is 0.895 bits per heavy atom. The van der Waals surface area contributed by atoms with E-state index in [1.165, 1.54) is 111 Å². The molecule has 0 saturated heterocycles. The summed E-state index contributed by atoms with van der Waals surface area (Å²) >= 11 is 8.56. The zero-order chi connectivity index (χ0) is 82.2. The van der Waals surface area contributed by atoms with Crippen LogP contribution in [0.4, 0.5) is 54.7 Å². The number of ether oxygens (including phenoxy) is 2. The molecule has 0 spiro atoms. The van der Waals surface area contributed by atoms with E-state index < -0.39 is 33.6 Å². The minimum atomic E-state index is -0.784. The van der Waals surface area contributed by atoms with E-state index in [-0.39, 0.29) is 91.9 Å². The van der Waals surface area contributed by atoms with Gasteiger partial charge in [-0.05, 0) is 150 Å². The number of para-hydroxylation sites is 2. The number of carbonyl (C=O) groups excluding carboxylic acids is 8. The molecule has 0 atom stereocenters. The van der Waals surface area contributed by atoms with Crippen molar-refractivity contribution in [2.75, 3.05) is 50.4 Å². The number of aromatic amines is 1. The van der Waals surface area contributed by atoms with Gasteiger partial charge in [0.2, 0.25) is 17.8 Å². The van der Waals surface area contributed by atoms with E-state index in [0.29, 0.717) is 61.9 Å². The Kier molecular flexibility index (Phi) is 33.3. The lowest BCUT2D eigenvalue weighted by Gasteiger charge is -2.10. The molecule has 0 saturated carbocycles. The summed E-state index contributed by atoms with van der Waals surface area (Å²) in [5.41, 5.74) is 3.73. The van der Waals surface area contributed by atoms with Gasteiger partial charge in [-0.15, -0.1) is 56.7 Å². The molecule has 13 aromatic rings. The molecule has 114 heavy (non-hydrogen) atoms. The number of anilines is 7. The number of benzene rings is 4. The Hall–Kier alpha value is -12.8. The number of carbonyl (C=O) groups is 8. The normalized spacial score (nSPS) is 10.3. The minimum Gasteiger partial charge on any atom is -0.481 e. The van der Waals surface area contributed by atoms with Crippen LogP contribution < -0.4 is 42.0 Å². The van der Waals surface area contributed by atoms with Gasteiger partial charge in [0, 0.05) is 96.4 Å². The van der Waals surface area contributed by atoms with E-state index in [9.17, 15) is 67.4 Å². The highest BCUT2D eigenvalue weighted by Crippen LogP contribution is 2.29. The summed E-state index contributed by atoms with van der Waals surface area (Å²) in [5, 5.41) is 43.2. The van der Waals surface area contributed by atoms with Gasteiger partial charge in [0.15, 0.2) is 42.5 Å². The molecule has 0 aliphatic rings. The number of fused-ring (bicyclic) bond motifs is 1. The molecule has 32 nitrogen and oxygen atoms in total. The number of esters is 1. The van der Waals surface area contributed by atoms with Crippen molar-refractivity contribution in [2.24, 2.45) is 0 Å². The molecule has 0 aliphatic heterocycles. The maximum Gasteiger partial charge on any atom is 0.345 e. The molecular weight excluding hydrogens is 1620 g/mol. The molecule has 0 radical (unpaired) electrons. The maximum absolute atomic E-state index is 13.2. The molecule has 4 aromatic carbocycles. The predicted molar refractivity (Wildman–Crippen MR) is 436 cm³/mol. The molecule has 0 unspecified atom stereocenters. The van der Waals surface area contributed by atoms with Crippen LogP contribution in [0.15, 0.2) is 165 Å². The van der Waals surface area contributed by atoms with Crippen LogP contribution in [0.1, 0.15) is 114 Å². The molecule has 8 N–H and O–H groups in total. The van der Waals surface area contributed by atoms with E-state index in [0.717, 1.165) is 75.9 Å². The number of thiazole rings is 7. The summed E-state index contributed by atoms with van der Waals surface area (Å²) in [6, 6.07) is 31.7. The first-order valence-electron chi connectivity index (χ1n) is 33.5. The van der Waals surface area contributed by atoms with Gasteiger partial charge in [-0.2, -0.15) is 4.39 Å². The van der Waals surface area contributed by atoms with Gasteiger partial charge in [-0.25, -0.2) is 49.1 Å². The van der Waals surface area contributed by atoms with Crippen LogP contribution in [0.2, 0.25) is 0 Å². The fourth-order valence-corrected chi connectivity index (χ4v) is 13.4. The minimum absolute atomic E-state index is 0.0876. The smallest absolute Gasteiger partial charge is 0.345 e. The van der Waals surface area contributed by atoms with Gasteiger partial charge in [-0.3, -0.25) is 80.4 Å². The number of hydrogen-bond donors (Lipinski definition) is 8. The fraction of sp³-hybridized carbons (Fsp3) is 0.178. The van der Waals surface area contributed by atoms with Gasteiger partial charge < -0.3 is 25.1 Å². The Morgan fingerprint density at radius 1 is 0.456 bits per heavy atom. The number of nitrogens with zero attached hydrogens (tertiary/aromatic N) is 10. The third kappa shape index (κ3) is 28.8. The third-order valence-corrected chi connectivity index (χ3v) is 19.8. The number of hydrogen-bond acceptors (Lipinski definition) is 29. The molecule has 590 valence electrons. The molecule has 41 heteroatoms. The van der Waals surface area contributed by atoms with Crippen molar-refractivity contribution in [1.29, 1.82) is 0 Å². The topological polar surface area (TPSA) is 444 Å². The molecule has 0 fully saturated rings. The fourth-order valence-electron chi connectivity index (χ4n) is 8.80. The van der Waals surface area contributed by atoms with Crippen LogP contribution >= 0.6 is 79.4 Å². The standard InChI is InChI=1S/C15H15N3O6S.C13H11N3OS.C12H13N5O4S2.C12H12N2OS.C11H9FN2OS.C10H8FN3OS/c1-2-7-23-13(19)9-24-11-6-4-3-5-10(11)14(20)17-15-16-8-12(25-15)18(21)22;1-8-7-14-13(18-8)16-12(17)11-6-9-4-2-3-5-10(9)15-11;1-7-5-13-11(22-7)15-8(18)3-2-4-9(19)16-12-14-6-10(23-12)17(20)21;1-8-4-3-5-10(6-8)11(15)14-12-13-7-9(2)16-12;1-7-6-13-11(16-7)14-10(15)8-2-4-9(12)5-3-8;1-6-5-13-10(16-6)14-9(15)7-3-2-4-12-8(7)11/h3-6,8H,2,7,9H2,1H3,(H,16,17,20);2-7,15H,1H3,(H,14,16,17);5-6H,2-4H2,1H3,(H,13,15,18)(H,14,16,19);3-7H,1-2H3,(H,13,14,15);2-6H,1H3,(H,13,14,15);2-5H,1H3,(H,13,14,15). The number of nitro groups is 2. The van der Waals surface area contributed by atoms with Crippen LogP contribution in [-0.4, -0.2) is 115 Å². The number of H-pyrrole nitrogens is 1. The van der Waals surface area contributed by atoms with Crippen molar-refractivity contribution < 1.29 is 66.5 Å². The average Bonchev–Trinajstić information content (AvgIpc) is 1.62. The van der Waals surface area contributed by atoms with Crippen molar-refractivity contribution in [3.05, 3.63) is 255 Å². The monoisotopic (exact) mass is 1680 g/mol. The van der Waals surface area contributed by atoms with Crippen LogP contribution in [-0.2, 0) is 19.1 Å². The largest absolute Gasteiger partial charge is 0.481 e. The zero-order valence-corrected chi connectivity index (χ0v) is 66.8. The summed E-state index contributed by atoms with van der Waals surface area (Å²) in [6.07, 6.45) is 13.3. The molecule has 9 aromatic heterocycles. The van der Waals surface area contributed by atoms with Crippen LogP contribution in [0.5, 0.6) is 5.75 Å². The number of halogens is 2. The molecule has 0 aliphatic carbocycles. The number of amides is 7. The summed E-state index contributed by atoms with van der Waals surface area (Å²) in [7, 11) is 0. The Morgan fingerprint density at radius 3 is 1.37 bits per heavy atom.